The molecule has 2 atom stereocenters. The summed E-state index contributed by atoms with van der Waals surface area (Å²) in [4.78, 5) is 27.1. The molecule has 0 aliphatic carbocycles. The lowest BCUT2D eigenvalue weighted by molar-refractivity contribution is -0.147. The van der Waals surface area contributed by atoms with Crippen molar-refractivity contribution in [2.75, 3.05) is 26.8 Å². The molecule has 19 heavy (non-hydrogen) atoms. The van der Waals surface area contributed by atoms with Crippen molar-refractivity contribution in [1.29, 1.82) is 0 Å². The van der Waals surface area contributed by atoms with Crippen molar-refractivity contribution < 1.29 is 19.4 Å². The summed E-state index contributed by atoms with van der Waals surface area (Å²) in [7, 11) is 1.59. The Morgan fingerprint density at radius 3 is 2.63 bits per heavy atom. The maximum atomic E-state index is 12.5. The van der Waals surface area contributed by atoms with Crippen molar-refractivity contribution in [3.05, 3.63) is 0 Å². The summed E-state index contributed by atoms with van der Waals surface area (Å²) < 4.78 is 5.07. The van der Waals surface area contributed by atoms with Crippen LogP contribution in [0.25, 0.3) is 0 Å². The van der Waals surface area contributed by atoms with Gasteiger partial charge in [0, 0.05) is 20.2 Å². The molecule has 0 aromatic heterocycles. The van der Waals surface area contributed by atoms with Gasteiger partial charge in [0.05, 0.1) is 12.6 Å². The van der Waals surface area contributed by atoms with Crippen molar-refractivity contribution in [2.24, 2.45) is 0 Å². The topological polar surface area (TPSA) is 70.1 Å². The molecule has 1 saturated heterocycles. The van der Waals surface area contributed by atoms with E-state index < -0.39 is 11.5 Å². The fourth-order valence-electron chi connectivity index (χ4n) is 2.61. The fraction of sp³-hybridized carbons (Fsp3) is 0.846. The Morgan fingerprint density at radius 2 is 2.16 bits per heavy atom. The number of likely N-dealkylation sites (tertiary alicyclic amines) is 1. The normalized spacial score (nSPS) is 24.3. The summed E-state index contributed by atoms with van der Waals surface area (Å²) in [6.07, 6.45) is 1.23. The maximum absolute atomic E-state index is 12.5. The lowest BCUT2D eigenvalue weighted by atomic mass is 9.99. The summed E-state index contributed by atoms with van der Waals surface area (Å²) in [5.74, 6) is -0.936. The van der Waals surface area contributed by atoms with Crippen LogP contribution in [0.3, 0.4) is 0 Å². The van der Waals surface area contributed by atoms with E-state index in [1.54, 1.807) is 18.9 Å². The number of hydrogen-bond acceptors (Lipinski definition) is 3. The van der Waals surface area contributed by atoms with Crippen LogP contribution in [0.4, 0.5) is 4.79 Å². The third-order valence-corrected chi connectivity index (χ3v) is 3.86. The van der Waals surface area contributed by atoms with Crippen LogP contribution in [0, 0.1) is 0 Å². The SMILES string of the molecule is CCN(C(=O)N1CCCC1(C)C(=O)O)C(C)COC. The highest BCUT2D eigenvalue weighted by Crippen LogP contribution is 2.30. The van der Waals surface area contributed by atoms with Crippen LogP contribution in [0.15, 0.2) is 0 Å². The molecule has 0 aromatic carbocycles. The summed E-state index contributed by atoms with van der Waals surface area (Å²) in [6, 6.07) is -0.282. The van der Waals surface area contributed by atoms with Gasteiger partial charge in [-0.1, -0.05) is 0 Å². The lowest BCUT2D eigenvalue weighted by Gasteiger charge is -2.37. The predicted octanol–water partition coefficient (Wildman–Crippen LogP) is 1.40. The number of likely N-dealkylation sites (N-methyl/N-ethyl adjacent to an activating group) is 1. The molecule has 6 nitrogen and oxygen atoms in total. The van der Waals surface area contributed by atoms with Gasteiger partial charge in [0.1, 0.15) is 5.54 Å². The minimum atomic E-state index is -1.09. The molecule has 1 aliphatic rings. The van der Waals surface area contributed by atoms with Crippen LogP contribution in [0.5, 0.6) is 0 Å². The number of hydrogen-bond donors (Lipinski definition) is 1. The van der Waals surface area contributed by atoms with E-state index in [0.717, 1.165) is 6.42 Å². The van der Waals surface area contributed by atoms with Crippen LogP contribution in [-0.2, 0) is 9.53 Å². The maximum Gasteiger partial charge on any atom is 0.329 e. The zero-order chi connectivity index (χ0) is 14.6. The number of amides is 2. The van der Waals surface area contributed by atoms with Gasteiger partial charge in [0.2, 0.25) is 0 Å². The Balaban J connectivity index is 2.88. The molecule has 1 rings (SSSR count). The molecule has 2 unspecified atom stereocenters. The molecule has 1 N–H and O–H groups in total. The second-order valence-electron chi connectivity index (χ2n) is 5.21. The molecule has 0 saturated carbocycles. The van der Waals surface area contributed by atoms with Crippen molar-refractivity contribution in [2.45, 2.75) is 45.2 Å². The highest BCUT2D eigenvalue weighted by Gasteiger charge is 2.47. The highest BCUT2D eigenvalue weighted by atomic mass is 16.5. The Morgan fingerprint density at radius 1 is 1.53 bits per heavy atom. The number of ether oxygens (including phenoxy) is 1. The Kier molecular flexibility index (Phi) is 5.17. The highest BCUT2D eigenvalue weighted by molar-refractivity contribution is 5.86. The molecule has 6 heteroatoms. The lowest BCUT2D eigenvalue weighted by Crippen LogP contribution is -2.57. The summed E-state index contributed by atoms with van der Waals surface area (Å²) in [5.41, 5.74) is -1.09. The molecule has 0 radical (unpaired) electrons. The molecule has 0 bridgehead atoms. The second-order valence-corrected chi connectivity index (χ2v) is 5.21. The van der Waals surface area contributed by atoms with Gasteiger partial charge in [0.25, 0.3) is 0 Å². The molecular formula is C13H24N2O4. The molecular weight excluding hydrogens is 248 g/mol. The number of carboxylic acids is 1. The van der Waals surface area contributed by atoms with E-state index in [2.05, 4.69) is 0 Å². The zero-order valence-electron chi connectivity index (χ0n) is 12.2. The van der Waals surface area contributed by atoms with E-state index in [9.17, 15) is 14.7 Å². The monoisotopic (exact) mass is 272 g/mol. The Hall–Kier alpha value is -1.30. The number of urea groups is 1. The molecule has 110 valence electrons. The van der Waals surface area contributed by atoms with Gasteiger partial charge in [-0.05, 0) is 33.6 Å². The van der Waals surface area contributed by atoms with Crippen LogP contribution in [0.1, 0.15) is 33.6 Å². The number of aliphatic carboxylic acids is 1. The molecule has 2 amide bonds. The van der Waals surface area contributed by atoms with E-state index in [0.29, 0.717) is 26.1 Å². The molecule has 1 fully saturated rings. The van der Waals surface area contributed by atoms with Crippen molar-refractivity contribution in [1.82, 2.24) is 9.80 Å². The van der Waals surface area contributed by atoms with Crippen LogP contribution in [-0.4, -0.2) is 65.3 Å². The fourth-order valence-corrected chi connectivity index (χ4v) is 2.61. The summed E-state index contributed by atoms with van der Waals surface area (Å²) in [6.45, 7) is 6.89. The molecule has 0 spiro atoms. The molecule has 1 heterocycles. The van der Waals surface area contributed by atoms with Gasteiger partial charge in [-0.2, -0.15) is 0 Å². The third-order valence-electron chi connectivity index (χ3n) is 3.86. The number of methoxy groups -OCH3 is 1. The molecule has 1 aliphatic heterocycles. The Bertz CT molecular complexity index is 348. The molecule has 0 aromatic rings. The van der Waals surface area contributed by atoms with Crippen LogP contribution in [0.2, 0.25) is 0 Å². The minimum Gasteiger partial charge on any atom is -0.480 e. The van der Waals surface area contributed by atoms with Crippen molar-refractivity contribution in [3.63, 3.8) is 0 Å². The minimum absolute atomic E-state index is 0.0684. The average molecular weight is 272 g/mol. The van der Waals surface area contributed by atoms with Crippen molar-refractivity contribution >= 4 is 12.0 Å². The van der Waals surface area contributed by atoms with E-state index >= 15 is 0 Å². The van der Waals surface area contributed by atoms with Gasteiger partial charge >= 0.3 is 12.0 Å². The number of carboxylic acid groups (broad SMARTS) is 1. The first-order valence-electron chi connectivity index (χ1n) is 6.69. The first kappa shape index (κ1) is 15.8. The van der Waals surface area contributed by atoms with Gasteiger partial charge in [-0.3, -0.25) is 0 Å². The summed E-state index contributed by atoms with van der Waals surface area (Å²) in [5, 5.41) is 9.35. The number of nitrogens with zero attached hydrogens (tertiary/aromatic N) is 2. The number of carbonyl (C=O) groups excluding carboxylic acids is 1. The standard InChI is InChI=1S/C13H24N2O4/c1-5-14(10(2)9-19-4)12(18)15-8-6-7-13(15,3)11(16)17/h10H,5-9H2,1-4H3,(H,16,17). The average Bonchev–Trinajstić information content (AvgIpc) is 2.74. The number of carbonyl (C=O) groups is 2. The predicted molar refractivity (Wildman–Crippen MR) is 71.1 cm³/mol. The second kappa shape index (κ2) is 6.23. The van der Waals surface area contributed by atoms with Gasteiger partial charge < -0.3 is 19.6 Å². The van der Waals surface area contributed by atoms with Gasteiger partial charge in [-0.15, -0.1) is 0 Å². The largest absolute Gasteiger partial charge is 0.480 e. The smallest absolute Gasteiger partial charge is 0.329 e. The van der Waals surface area contributed by atoms with E-state index in [1.165, 1.54) is 4.90 Å². The first-order valence-corrected chi connectivity index (χ1v) is 6.69. The van der Waals surface area contributed by atoms with E-state index in [1.807, 2.05) is 13.8 Å². The quantitative estimate of drug-likeness (QED) is 0.821. The van der Waals surface area contributed by atoms with Crippen LogP contribution < -0.4 is 0 Å². The van der Waals surface area contributed by atoms with Crippen LogP contribution >= 0.6 is 0 Å². The van der Waals surface area contributed by atoms with Gasteiger partial charge in [-0.25, -0.2) is 9.59 Å². The van der Waals surface area contributed by atoms with E-state index in [-0.39, 0.29) is 12.1 Å². The summed E-state index contributed by atoms with van der Waals surface area (Å²) >= 11 is 0. The third kappa shape index (κ3) is 3.00. The first-order chi connectivity index (χ1) is 8.88. The Labute approximate surface area is 114 Å². The zero-order valence-corrected chi connectivity index (χ0v) is 12.2. The number of rotatable bonds is 5. The van der Waals surface area contributed by atoms with Crippen molar-refractivity contribution in [3.8, 4) is 0 Å². The van der Waals surface area contributed by atoms with E-state index in [4.69, 9.17) is 4.74 Å². The van der Waals surface area contributed by atoms with Gasteiger partial charge in [0.15, 0.2) is 0 Å².